The largest absolute Gasteiger partial charge is 0.485 e. The highest BCUT2D eigenvalue weighted by molar-refractivity contribution is 7.89. The van der Waals surface area contributed by atoms with Crippen molar-refractivity contribution >= 4 is 26.7 Å². The number of hydrogen-bond donors (Lipinski definition) is 0. The molecule has 0 saturated carbocycles. The third-order valence-electron chi connectivity index (χ3n) is 5.35. The molecule has 0 spiro atoms. The van der Waals surface area contributed by atoms with E-state index in [2.05, 4.69) is 6.07 Å². The van der Waals surface area contributed by atoms with Crippen LogP contribution in [0.25, 0.3) is 10.9 Å². The molecule has 8 nitrogen and oxygen atoms in total. The summed E-state index contributed by atoms with van der Waals surface area (Å²) in [6.45, 7) is 1.76. The van der Waals surface area contributed by atoms with Gasteiger partial charge in [0.25, 0.3) is 0 Å². The summed E-state index contributed by atoms with van der Waals surface area (Å²) in [5.74, 6) is 0.217. The molecule has 32 heavy (non-hydrogen) atoms. The van der Waals surface area contributed by atoms with Gasteiger partial charge in [0.1, 0.15) is 5.75 Å². The van der Waals surface area contributed by atoms with Crippen molar-refractivity contribution in [1.82, 2.24) is 8.87 Å². The number of nitriles is 1. The molecule has 0 aliphatic carbocycles. The molecule has 9 heteroatoms. The van der Waals surface area contributed by atoms with E-state index in [0.29, 0.717) is 50.6 Å². The Morgan fingerprint density at radius 2 is 1.81 bits per heavy atom. The highest BCUT2D eigenvalue weighted by atomic mass is 32.2. The smallest absolute Gasteiger partial charge is 0.243 e. The minimum Gasteiger partial charge on any atom is -0.485 e. The van der Waals surface area contributed by atoms with Crippen LogP contribution in [0.5, 0.6) is 5.75 Å². The molecule has 1 fully saturated rings. The Morgan fingerprint density at radius 3 is 2.53 bits per heavy atom. The molecule has 166 valence electrons. The third-order valence-corrected chi connectivity index (χ3v) is 7.27. The first-order chi connectivity index (χ1) is 15.5. The first kappa shape index (κ1) is 22.0. The van der Waals surface area contributed by atoms with Gasteiger partial charge in [0.05, 0.1) is 30.6 Å². The van der Waals surface area contributed by atoms with E-state index in [1.165, 1.54) is 16.4 Å². The average Bonchev–Trinajstić information content (AvgIpc) is 3.21. The number of fused-ring (bicyclic) bond motifs is 1. The molecule has 1 saturated heterocycles. The number of morpholine rings is 1. The van der Waals surface area contributed by atoms with E-state index in [-0.39, 0.29) is 17.3 Å². The predicted octanol–water partition coefficient (Wildman–Crippen LogP) is 2.84. The summed E-state index contributed by atoms with van der Waals surface area (Å²) in [6, 6.07) is 15.7. The van der Waals surface area contributed by atoms with Gasteiger partial charge in [-0.15, -0.1) is 0 Å². The van der Waals surface area contributed by atoms with Gasteiger partial charge >= 0.3 is 0 Å². The van der Waals surface area contributed by atoms with Gasteiger partial charge in [-0.05, 0) is 30.3 Å². The molecule has 0 radical (unpaired) electrons. The van der Waals surface area contributed by atoms with Crippen molar-refractivity contribution in [3.63, 3.8) is 0 Å². The normalized spacial score (nSPS) is 14.8. The molecule has 0 bridgehead atoms. The number of ether oxygens (including phenoxy) is 2. The lowest BCUT2D eigenvalue weighted by atomic mass is 10.1. The minimum absolute atomic E-state index is 0.179. The van der Waals surface area contributed by atoms with Crippen LogP contribution in [-0.4, -0.2) is 56.0 Å². The van der Waals surface area contributed by atoms with Crippen molar-refractivity contribution in [3.05, 3.63) is 60.3 Å². The van der Waals surface area contributed by atoms with Crippen molar-refractivity contribution in [2.75, 3.05) is 32.9 Å². The first-order valence-electron chi connectivity index (χ1n) is 10.3. The number of hydrogen-bond acceptors (Lipinski definition) is 6. The second-order valence-electron chi connectivity index (χ2n) is 7.36. The maximum atomic E-state index is 12.8. The molecular formula is C23H23N3O5S. The lowest BCUT2D eigenvalue weighted by Gasteiger charge is -2.26. The lowest BCUT2D eigenvalue weighted by molar-refractivity contribution is 0.0730. The summed E-state index contributed by atoms with van der Waals surface area (Å²) in [5.41, 5.74) is 1.42. The van der Waals surface area contributed by atoms with E-state index in [4.69, 9.17) is 14.7 Å². The maximum Gasteiger partial charge on any atom is 0.243 e. The zero-order chi connectivity index (χ0) is 22.6. The fourth-order valence-corrected chi connectivity index (χ4v) is 5.10. The van der Waals surface area contributed by atoms with Gasteiger partial charge in [-0.3, -0.25) is 4.79 Å². The number of nitrogens with zero attached hydrogens (tertiary/aromatic N) is 3. The van der Waals surface area contributed by atoms with Crippen LogP contribution >= 0.6 is 0 Å². The Kier molecular flexibility index (Phi) is 6.55. The SMILES string of the molecule is N#CCCn1cc(C(=O)COc2ccc(S(=O)(=O)N3CCOCC3)cc2)c2ccccc21. The van der Waals surface area contributed by atoms with E-state index < -0.39 is 10.0 Å². The molecule has 0 atom stereocenters. The molecule has 0 N–H and O–H groups in total. The monoisotopic (exact) mass is 453 g/mol. The van der Waals surface area contributed by atoms with Crippen LogP contribution in [0.4, 0.5) is 0 Å². The van der Waals surface area contributed by atoms with Crippen LogP contribution in [0.15, 0.2) is 59.6 Å². The quantitative estimate of drug-likeness (QED) is 0.486. The summed E-state index contributed by atoms with van der Waals surface area (Å²) in [4.78, 5) is 13.0. The molecule has 2 aromatic carbocycles. The van der Waals surface area contributed by atoms with Gasteiger partial charge in [-0.25, -0.2) is 8.42 Å². The van der Waals surface area contributed by atoms with Crippen LogP contribution in [-0.2, 0) is 21.3 Å². The zero-order valence-corrected chi connectivity index (χ0v) is 18.3. The van der Waals surface area contributed by atoms with Gasteiger partial charge in [0.2, 0.25) is 15.8 Å². The van der Waals surface area contributed by atoms with Crippen molar-refractivity contribution < 1.29 is 22.7 Å². The number of benzene rings is 2. The highest BCUT2D eigenvalue weighted by Crippen LogP contribution is 2.24. The van der Waals surface area contributed by atoms with Crippen molar-refractivity contribution in [2.24, 2.45) is 0 Å². The van der Waals surface area contributed by atoms with Gasteiger partial charge in [-0.1, -0.05) is 18.2 Å². The Morgan fingerprint density at radius 1 is 1.09 bits per heavy atom. The third kappa shape index (κ3) is 4.53. The summed E-state index contributed by atoms with van der Waals surface area (Å²) >= 11 is 0. The standard InChI is InChI=1S/C23H23N3O5S/c24-10-3-11-25-16-21(20-4-1-2-5-22(20)25)23(27)17-31-18-6-8-19(9-7-18)32(28,29)26-12-14-30-15-13-26/h1-2,4-9,16H,3,11-15,17H2. The average molecular weight is 454 g/mol. The van der Waals surface area contributed by atoms with Gasteiger partial charge < -0.3 is 14.0 Å². The second-order valence-corrected chi connectivity index (χ2v) is 9.30. The Bertz CT molecular complexity index is 1250. The van der Waals surface area contributed by atoms with E-state index in [0.717, 1.165) is 10.9 Å². The molecule has 4 rings (SSSR count). The highest BCUT2D eigenvalue weighted by Gasteiger charge is 2.26. The molecule has 2 heterocycles. The summed E-state index contributed by atoms with van der Waals surface area (Å²) in [5, 5.41) is 9.68. The lowest BCUT2D eigenvalue weighted by Crippen LogP contribution is -2.40. The number of carbonyl (C=O) groups excluding carboxylic acids is 1. The first-order valence-corrected chi connectivity index (χ1v) is 11.7. The number of aromatic nitrogens is 1. The molecule has 1 aliphatic rings. The van der Waals surface area contributed by atoms with E-state index in [9.17, 15) is 13.2 Å². The molecule has 0 unspecified atom stereocenters. The number of sulfonamides is 1. The van der Waals surface area contributed by atoms with Crippen molar-refractivity contribution in [1.29, 1.82) is 5.26 Å². The van der Waals surface area contributed by atoms with Crippen LogP contribution < -0.4 is 4.74 Å². The Hall–Kier alpha value is -3.19. The second kappa shape index (κ2) is 9.53. The number of Topliss-reactive ketones (excluding diaryl/α,β-unsaturated/α-hetero) is 1. The predicted molar refractivity (Wildman–Crippen MR) is 118 cm³/mol. The number of aryl methyl sites for hydroxylation is 1. The van der Waals surface area contributed by atoms with Gasteiger partial charge in [0, 0.05) is 42.3 Å². The van der Waals surface area contributed by atoms with Crippen molar-refractivity contribution in [3.8, 4) is 11.8 Å². The number of ketones is 1. The summed E-state index contributed by atoms with van der Waals surface area (Å²) < 4.78 is 39.6. The molecular weight excluding hydrogens is 430 g/mol. The van der Waals surface area contributed by atoms with E-state index in [1.807, 2.05) is 28.8 Å². The maximum absolute atomic E-state index is 12.8. The van der Waals surface area contributed by atoms with E-state index >= 15 is 0 Å². The fraction of sp³-hybridized carbons (Fsp3) is 0.304. The van der Waals surface area contributed by atoms with Crippen LogP contribution in [0.2, 0.25) is 0 Å². The number of carbonyl (C=O) groups is 1. The van der Waals surface area contributed by atoms with Crippen LogP contribution in [0.3, 0.4) is 0 Å². The number of para-hydroxylation sites is 1. The van der Waals surface area contributed by atoms with Crippen LogP contribution in [0, 0.1) is 11.3 Å². The Labute approximate surface area is 186 Å². The number of rotatable bonds is 8. The summed E-state index contributed by atoms with van der Waals surface area (Å²) in [6.07, 6.45) is 2.11. The van der Waals surface area contributed by atoms with Crippen molar-refractivity contribution in [2.45, 2.75) is 17.9 Å². The fourth-order valence-electron chi connectivity index (χ4n) is 3.69. The topological polar surface area (TPSA) is 102 Å². The molecule has 1 aliphatic heterocycles. The minimum atomic E-state index is -3.58. The molecule has 0 amide bonds. The van der Waals surface area contributed by atoms with Crippen LogP contribution in [0.1, 0.15) is 16.8 Å². The zero-order valence-electron chi connectivity index (χ0n) is 17.4. The molecule has 3 aromatic rings. The molecule has 1 aromatic heterocycles. The Balaban J connectivity index is 1.45. The van der Waals surface area contributed by atoms with Gasteiger partial charge in [-0.2, -0.15) is 9.57 Å². The summed E-state index contributed by atoms with van der Waals surface area (Å²) in [7, 11) is -3.58. The van der Waals surface area contributed by atoms with Gasteiger partial charge in [0.15, 0.2) is 6.61 Å². The van der Waals surface area contributed by atoms with E-state index in [1.54, 1.807) is 18.3 Å².